The van der Waals surface area contributed by atoms with Crippen LogP contribution in [0.5, 0.6) is 11.5 Å². The quantitative estimate of drug-likeness (QED) is 0.207. The highest BCUT2D eigenvalue weighted by Crippen LogP contribution is 2.56. The number of imide groups is 1. The zero-order valence-electron chi connectivity index (χ0n) is 25.2. The van der Waals surface area contributed by atoms with Gasteiger partial charge in [0, 0.05) is 34.3 Å². The molecule has 45 heavy (non-hydrogen) atoms. The Hall–Kier alpha value is -5.04. The summed E-state index contributed by atoms with van der Waals surface area (Å²) in [5, 5.41) is 11.4. The second-order valence-electron chi connectivity index (χ2n) is 12.3. The highest BCUT2D eigenvalue weighted by molar-refractivity contribution is 6.25. The molecule has 0 bridgehead atoms. The number of hydrogen-bond donors (Lipinski definition) is 1. The van der Waals surface area contributed by atoms with Crippen LogP contribution in [0.4, 0.5) is 5.69 Å². The van der Waals surface area contributed by atoms with Crippen LogP contribution in [0.2, 0.25) is 0 Å². The van der Waals surface area contributed by atoms with Crippen molar-refractivity contribution in [3.63, 3.8) is 0 Å². The topological polar surface area (TPSA) is 101 Å². The smallest absolute Gasteiger partial charge is 0.238 e. The summed E-state index contributed by atoms with van der Waals surface area (Å²) in [6.07, 6.45) is 4.68. The van der Waals surface area contributed by atoms with Crippen LogP contribution < -0.4 is 9.64 Å². The van der Waals surface area contributed by atoms with Gasteiger partial charge in [-0.2, -0.15) is 0 Å². The van der Waals surface area contributed by atoms with Gasteiger partial charge in [0.25, 0.3) is 0 Å². The molecule has 0 aromatic heterocycles. The summed E-state index contributed by atoms with van der Waals surface area (Å²) >= 11 is 0. The first-order valence-corrected chi connectivity index (χ1v) is 15.4. The highest BCUT2D eigenvalue weighted by Gasteiger charge is 2.56. The summed E-state index contributed by atoms with van der Waals surface area (Å²) in [4.78, 5) is 56.2. The van der Waals surface area contributed by atoms with Crippen LogP contribution in [-0.2, 0) is 32.2 Å². The van der Waals surface area contributed by atoms with E-state index in [9.17, 15) is 24.3 Å². The average molecular weight is 600 g/mol. The number of benzene rings is 3. The van der Waals surface area contributed by atoms with Crippen molar-refractivity contribution in [3.8, 4) is 11.5 Å². The first-order valence-electron chi connectivity index (χ1n) is 15.4. The van der Waals surface area contributed by atoms with Crippen molar-refractivity contribution in [1.29, 1.82) is 0 Å². The monoisotopic (exact) mass is 599 g/mol. The number of carbonyl (C=O) groups excluding carboxylic acids is 4. The third-order valence-corrected chi connectivity index (χ3v) is 9.73. The molecular weight excluding hydrogens is 566 g/mol. The van der Waals surface area contributed by atoms with E-state index in [1.54, 1.807) is 19.1 Å². The molecule has 1 fully saturated rings. The number of allylic oxidation sites excluding steroid dienone is 6. The minimum Gasteiger partial charge on any atom is -0.507 e. The molecule has 7 heteroatoms. The number of aryl methyl sites for hydroxylation is 1. The largest absolute Gasteiger partial charge is 0.507 e. The molecule has 3 aromatic rings. The van der Waals surface area contributed by atoms with E-state index >= 15 is 0 Å². The molecule has 0 spiro atoms. The summed E-state index contributed by atoms with van der Waals surface area (Å²) < 4.78 is 5.93. The van der Waals surface area contributed by atoms with Crippen molar-refractivity contribution in [3.05, 3.63) is 124 Å². The molecule has 2 amide bonds. The summed E-state index contributed by atoms with van der Waals surface area (Å²) in [7, 11) is 0. The Labute approximate surface area is 261 Å². The lowest BCUT2D eigenvalue weighted by atomic mass is 9.59. The fraction of sp³-hybridized carbons (Fsp3) is 0.263. The average Bonchev–Trinajstić information content (AvgIpc) is 3.31. The molecule has 4 atom stereocenters. The molecule has 3 aromatic carbocycles. The van der Waals surface area contributed by atoms with Crippen molar-refractivity contribution < 1.29 is 29.0 Å². The third-order valence-electron chi connectivity index (χ3n) is 9.73. The van der Waals surface area contributed by atoms with Gasteiger partial charge in [-0.15, -0.1) is 0 Å². The number of carbonyl (C=O) groups is 4. The van der Waals surface area contributed by atoms with E-state index < -0.39 is 23.7 Å². The molecule has 1 heterocycles. The normalized spacial score (nSPS) is 24.2. The van der Waals surface area contributed by atoms with Crippen LogP contribution in [0.1, 0.15) is 49.3 Å². The molecule has 3 aliphatic carbocycles. The fourth-order valence-electron chi connectivity index (χ4n) is 7.47. The van der Waals surface area contributed by atoms with Crippen LogP contribution in [0, 0.1) is 17.8 Å². The minimum absolute atomic E-state index is 0.0703. The van der Waals surface area contributed by atoms with Gasteiger partial charge >= 0.3 is 0 Å². The van der Waals surface area contributed by atoms with Gasteiger partial charge in [-0.25, -0.2) is 0 Å². The molecule has 0 unspecified atom stereocenters. The summed E-state index contributed by atoms with van der Waals surface area (Å²) in [5.74, 6) is -3.09. The van der Waals surface area contributed by atoms with E-state index in [4.69, 9.17) is 4.74 Å². The van der Waals surface area contributed by atoms with Gasteiger partial charge in [-0.3, -0.25) is 24.1 Å². The second-order valence-corrected chi connectivity index (χ2v) is 12.3. The van der Waals surface area contributed by atoms with Crippen molar-refractivity contribution in [2.75, 3.05) is 4.90 Å². The van der Waals surface area contributed by atoms with Crippen LogP contribution in [0.25, 0.3) is 0 Å². The number of phenolic OH excluding ortho intramolecular Hbond substituents is 1. The van der Waals surface area contributed by atoms with E-state index in [1.807, 2.05) is 67.6 Å². The predicted octanol–water partition coefficient (Wildman–Crippen LogP) is 6.17. The van der Waals surface area contributed by atoms with Gasteiger partial charge in [-0.05, 0) is 67.5 Å². The van der Waals surface area contributed by atoms with Gasteiger partial charge in [0.15, 0.2) is 11.6 Å². The number of ketones is 2. The van der Waals surface area contributed by atoms with Gasteiger partial charge in [0.1, 0.15) is 18.1 Å². The van der Waals surface area contributed by atoms with Gasteiger partial charge in [0.2, 0.25) is 11.8 Å². The number of phenols is 1. The molecule has 1 aliphatic heterocycles. The number of rotatable bonds is 6. The zero-order valence-corrected chi connectivity index (χ0v) is 25.2. The Kier molecular flexibility index (Phi) is 7.11. The molecule has 7 nitrogen and oxygen atoms in total. The van der Waals surface area contributed by atoms with E-state index in [0.29, 0.717) is 46.7 Å². The fourth-order valence-corrected chi connectivity index (χ4v) is 7.47. The maximum Gasteiger partial charge on any atom is 0.238 e. The molecular formula is C38H33NO6. The number of Topliss-reactive ketones (excluding diaryl/α,β-unsaturated/α-hetero) is 1. The van der Waals surface area contributed by atoms with Gasteiger partial charge in [0.05, 0.1) is 17.5 Å². The van der Waals surface area contributed by atoms with Gasteiger partial charge in [-0.1, -0.05) is 67.1 Å². The molecule has 0 saturated carbocycles. The standard InChI is InChI=1S/C38H33NO6/c1-3-22-9-11-24(12-10-22)39-37(43)28-16-15-26-29(34(28)38(39)44)19-30-35(32(41)17-21(2)36(30)42)33(26)27-14-13-25(18-31(27)40)45-20-23-7-5-4-6-8-23/h4-15,17-18,28-29,33-34,40H,3,16,19-20H2,1-2H3/t28-,29+,33+,34-/m0/s1. The van der Waals surface area contributed by atoms with Crippen LogP contribution >= 0.6 is 0 Å². The first-order chi connectivity index (χ1) is 21.8. The molecule has 4 aliphatic rings. The maximum absolute atomic E-state index is 14.1. The van der Waals surface area contributed by atoms with Crippen LogP contribution in [-0.4, -0.2) is 28.5 Å². The number of ether oxygens (including phenoxy) is 1. The number of nitrogens with zero attached hydrogens (tertiary/aromatic N) is 1. The van der Waals surface area contributed by atoms with Crippen molar-refractivity contribution in [2.24, 2.45) is 17.8 Å². The van der Waals surface area contributed by atoms with Crippen molar-refractivity contribution in [2.45, 2.75) is 45.6 Å². The Bertz CT molecular complexity index is 1850. The second kappa shape index (κ2) is 11.1. The van der Waals surface area contributed by atoms with E-state index in [-0.39, 0.29) is 35.6 Å². The maximum atomic E-state index is 14.1. The molecule has 1 saturated heterocycles. The number of anilines is 1. The molecule has 7 rings (SSSR count). The SMILES string of the molecule is CCc1ccc(N2C(=O)[C@H]3[C@H](CC=C4[C@H](c5ccc(OCc6ccccc6)cc5O)C5=C(C[C@H]43)C(=O)C(C)=CC5=O)C2=O)cc1. The number of hydrogen-bond acceptors (Lipinski definition) is 6. The van der Waals surface area contributed by atoms with Gasteiger partial charge < -0.3 is 9.84 Å². The lowest BCUT2D eigenvalue weighted by molar-refractivity contribution is -0.123. The third kappa shape index (κ3) is 4.74. The molecule has 226 valence electrons. The van der Waals surface area contributed by atoms with Crippen molar-refractivity contribution >= 4 is 29.1 Å². The minimum atomic E-state index is -0.732. The van der Waals surface area contributed by atoms with E-state index in [0.717, 1.165) is 23.1 Å². The Morgan fingerprint density at radius 2 is 1.64 bits per heavy atom. The molecule has 0 radical (unpaired) electrons. The lowest BCUT2D eigenvalue weighted by Gasteiger charge is -2.42. The Balaban J connectivity index is 1.27. The number of fused-ring (bicyclic) bond motifs is 3. The number of amides is 2. The summed E-state index contributed by atoms with van der Waals surface area (Å²) in [5.41, 5.74) is 4.92. The van der Waals surface area contributed by atoms with E-state index in [2.05, 4.69) is 0 Å². The van der Waals surface area contributed by atoms with Crippen LogP contribution in [0.15, 0.2) is 107 Å². The predicted molar refractivity (Wildman–Crippen MR) is 169 cm³/mol. The summed E-state index contributed by atoms with van der Waals surface area (Å²) in [6.45, 7) is 3.98. The molecule has 1 N–H and O–H groups in total. The van der Waals surface area contributed by atoms with Crippen molar-refractivity contribution in [1.82, 2.24) is 0 Å². The highest BCUT2D eigenvalue weighted by atomic mass is 16.5. The first kappa shape index (κ1) is 28.7. The number of aromatic hydroxyl groups is 1. The zero-order chi connectivity index (χ0) is 31.4. The van der Waals surface area contributed by atoms with E-state index in [1.165, 1.54) is 17.0 Å². The summed E-state index contributed by atoms with van der Waals surface area (Å²) in [6, 6.07) is 22.1. The Morgan fingerprint density at radius 3 is 2.36 bits per heavy atom. The van der Waals surface area contributed by atoms with Crippen LogP contribution in [0.3, 0.4) is 0 Å². The lowest BCUT2D eigenvalue weighted by Crippen LogP contribution is -2.39. The Morgan fingerprint density at radius 1 is 0.889 bits per heavy atom.